The van der Waals surface area contributed by atoms with Gasteiger partial charge < -0.3 is 20.8 Å². The van der Waals surface area contributed by atoms with Crippen LogP contribution in [-0.4, -0.2) is 34.1 Å². The molecule has 0 amide bonds. The zero-order valence-corrected chi connectivity index (χ0v) is 15.2. The van der Waals surface area contributed by atoms with Crippen LogP contribution in [0.2, 0.25) is 10.4 Å². The molecule has 1 aromatic carbocycles. The maximum Gasteiger partial charge on any atom is 0.226 e. The Morgan fingerprint density at radius 1 is 1.28 bits per heavy atom. The molecule has 0 aliphatic heterocycles. The van der Waals surface area contributed by atoms with E-state index in [0.717, 1.165) is 11.9 Å². The van der Waals surface area contributed by atoms with E-state index in [2.05, 4.69) is 32.4 Å². The molecule has 4 N–H and O–H groups in total. The molecular formula is C17H19Cl2N5O. The molecule has 0 spiro atoms. The number of hydrogen-bond acceptors (Lipinski definition) is 5. The molecule has 0 saturated carbocycles. The van der Waals surface area contributed by atoms with Gasteiger partial charge in [0.15, 0.2) is 16.7 Å². The molecule has 8 heteroatoms. The number of nitrogens with one attached hydrogen (secondary N) is 2. The Hall–Kier alpha value is -2.02. The van der Waals surface area contributed by atoms with E-state index in [1.165, 1.54) is 10.9 Å². The normalized spacial score (nSPS) is 12.3. The van der Waals surface area contributed by atoms with Gasteiger partial charge in [0.1, 0.15) is 6.10 Å². The molecule has 132 valence electrons. The molecule has 0 bridgehead atoms. The zero-order valence-electron chi connectivity index (χ0n) is 13.7. The molecule has 1 atom stereocenters. The molecular weight excluding hydrogens is 361 g/mol. The van der Waals surface area contributed by atoms with Crippen LogP contribution in [0.3, 0.4) is 0 Å². The van der Waals surface area contributed by atoms with Crippen LogP contribution in [0, 0.1) is 0 Å². The van der Waals surface area contributed by atoms with Crippen LogP contribution in [-0.2, 0) is 6.42 Å². The first-order valence-corrected chi connectivity index (χ1v) is 8.72. The van der Waals surface area contributed by atoms with Crippen molar-refractivity contribution in [1.82, 2.24) is 15.0 Å². The van der Waals surface area contributed by atoms with Crippen LogP contribution >= 0.6 is 23.2 Å². The lowest BCUT2D eigenvalue weighted by atomic mass is 10.1. The largest absolute Gasteiger partial charge is 0.483 e. The summed E-state index contributed by atoms with van der Waals surface area (Å²) in [7, 11) is 0. The maximum absolute atomic E-state index is 6.15. The van der Waals surface area contributed by atoms with Crippen molar-refractivity contribution in [2.45, 2.75) is 19.4 Å². The number of benzene rings is 1. The van der Waals surface area contributed by atoms with E-state index in [4.69, 9.17) is 33.7 Å². The van der Waals surface area contributed by atoms with Gasteiger partial charge in [-0.25, -0.2) is 4.98 Å². The molecule has 2 aromatic heterocycles. The fourth-order valence-corrected chi connectivity index (χ4v) is 2.95. The number of para-hydroxylation sites is 1. The molecule has 0 radical (unpaired) electrons. The minimum Gasteiger partial charge on any atom is -0.483 e. The first-order chi connectivity index (χ1) is 12.1. The Morgan fingerprint density at radius 3 is 2.88 bits per heavy atom. The highest BCUT2D eigenvalue weighted by atomic mass is 35.5. The van der Waals surface area contributed by atoms with Gasteiger partial charge in [0, 0.05) is 30.2 Å². The second-order valence-corrected chi connectivity index (χ2v) is 6.36. The first kappa shape index (κ1) is 17.8. The number of ether oxygens (including phenoxy) is 1. The monoisotopic (exact) mass is 379 g/mol. The molecule has 0 saturated heterocycles. The highest BCUT2D eigenvalue weighted by Crippen LogP contribution is 2.32. The molecule has 0 fully saturated rings. The summed E-state index contributed by atoms with van der Waals surface area (Å²) in [5.74, 6) is 0.827. The van der Waals surface area contributed by atoms with Gasteiger partial charge in [-0.15, -0.1) is 0 Å². The maximum atomic E-state index is 6.15. The number of H-pyrrole nitrogens is 1. The number of hydrogen-bond donors (Lipinski definition) is 3. The van der Waals surface area contributed by atoms with Crippen molar-refractivity contribution in [2.24, 2.45) is 5.73 Å². The third-order valence-corrected chi connectivity index (χ3v) is 4.23. The zero-order chi connectivity index (χ0) is 17.8. The molecule has 0 unspecified atom stereocenters. The van der Waals surface area contributed by atoms with Crippen molar-refractivity contribution in [2.75, 3.05) is 18.4 Å². The molecule has 0 aliphatic carbocycles. The highest BCUT2D eigenvalue weighted by molar-refractivity contribution is 6.33. The summed E-state index contributed by atoms with van der Waals surface area (Å²) in [6, 6.07) is 8.18. The van der Waals surface area contributed by atoms with E-state index in [1.54, 1.807) is 0 Å². The van der Waals surface area contributed by atoms with Gasteiger partial charge in [0.2, 0.25) is 5.28 Å². The average Bonchev–Trinajstić information content (AvgIpc) is 3.01. The summed E-state index contributed by atoms with van der Waals surface area (Å²) >= 11 is 12.1. The second-order valence-electron chi connectivity index (χ2n) is 5.66. The van der Waals surface area contributed by atoms with E-state index in [0.29, 0.717) is 24.7 Å². The van der Waals surface area contributed by atoms with Gasteiger partial charge in [-0.1, -0.05) is 29.8 Å². The quantitative estimate of drug-likeness (QED) is 0.430. The molecule has 3 aromatic rings. The van der Waals surface area contributed by atoms with Gasteiger partial charge in [-0.3, -0.25) is 0 Å². The van der Waals surface area contributed by atoms with Crippen LogP contribution in [0.5, 0.6) is 5.75 Å². The number of aromatic nitrogens is 3. The fraction of sp³-hybridized carbons (Fsp3) is 0.294. The molecule has 6 nitrogen and oxygen atoms in total. The van der Waals surface area contributed by atoms with E-state index >= 15 is 0 Å². The number of nitrogens with zero attached hydrogens (tertiary/aromatic N) is 2. The van der Waals surface area contributed by atoms with Crippen molar-refractivity contribution in [1.29, 1.82) is 0 Å². The lowest BCUT2D eigenvalue weighted by molar-refractivity contribution is 0.229. The Labute approximate surface area is 155 Å². The van der Waals surface area contributed by atoms with Crippen LogP contribution in [0.25, 0.3) is 10.9 Å². The Morgan fingerprint density at radius 2 is 2.08 bits per heavy atom. The molecule has 2 heterocycles. The second kappa shape index (κ2) is 7.91. The summed E-state index contributed by atoms with van der Waals surface area (Å²) in [6.07, 6.45) is 2.60. The van der Waals surface area contributed by atoms with Crippen molar-refractivity contribution in [3.63, 3.8) is 0 Å². The van der Waals surface area contributed by atoms with E-state index in [9.17, 15) is 0 Å². The summed E-state index contributed by atoms with van der Waals surface area (Å²) in [4.78, 5) is 11.4. The topological polar surface area (TPSA) is 88.8 Å². The number of fused-ring (bicyclic) bond motifs is 1. The van der Waals surface area contributed by atoms with Crippen LogP contribution in [0.15, 0.2) is 30.5 Å². The number of halogens is 2. The van der Waals surface area contributed by atoms with Gasteiger partial charge in [-0.2, -0.15) is 4.98 Å². The lowest BCUT2D eigenvalue weighted by Crippen LogP contribution is -2.24. The van der Waals surface area contributed by atoms with E-state index in [-0.39, 0.29) is 16.5 Å². The van der Waals surface area contributed by atoms with Gasteiger partial charge in [0.05, 0.1) is 0 Å². The van der Waals surface area contributed by atoms with Gasteiger partial charge in [0.25, 0.3) is 0 Å². The van der Waals surface area contributed by atoms with Crippen molar-refractivity contribution in [3.05, 3.63) is 46.5 Å². The third kappa shape index (κ3) is 4.15. The third-order valence-electron chi connectivity index (χ3n) is 3.81. The van der Waals surface area contributed by atoms with Gasteiger partial charge in [-0.05, 0) is 36.6 Å². The number of anilines is 1. The summed E-state index contributed by atoms with van der Waals surface area (Å²) < 4.78 is 5.73. The minimum absolute atomic E-state index is 0.0624. The fourth-order valence-electron chi connectivity index (χ4n) is 2.53. The smallest absolute Gasteiger partial charge is 0.226 e. The highest BCUT2D eigenvalue weighted by Gasteiger charge is 2.16. The predicted molar refractivity (Wildman–Crippen MR) is 102 cm³/mol. The SMILES string of the molecule is C[C@@H](CN)Oc1c(Cl)nc(Cl)nc1NCCc1c[nH]c2ccccc12. The van der Waals surface area contributed by atoms with Crippen LogP contribution in [0.1, 0.15) is 12.5 Å². The van der Waals surface area contributed by atoms with Crippen LogP contribution in [0.4, 0.5) is 5.82 Å². The standard InChI is InChI=1S/C17H19Cl2N5O/c1-10(8-20)25-14-15(18)23-17(19)24-16(14)21-7-6-11-9-22-13-5-3-2-4-12(11)13/h2-5,9-10,22H,6-8,20H2,1H3,(H,21,23,24)/t10-/m0/s1. The minimum atomic E-state index is -0.212. The number of nitrogens with two attached hydrogens (primary N) is 1. The predicted octanol–water partition coefficient (Wildman–Crippen LogP) is 3.65. The molecule has 25 heavy (non-hydrogen) atoms. The van der Waals surface area contributed by atoms with Crippen molar-refractivity contribution < 1.29 is 4.74 Å². The van der Waals surface area contributed by atoms with E-state index in [1.807, 2.05) is 25.3 Å². The summed E-state index contributed by atoms with van der Waals surface area (Å²) in [5.41, 5.74) is 7.94. The summed E-state index contributed by atoms with van der Waals surface area (Å²) in [5, 5.41) is 4.66. The average molecular weight is 380 g/mol. The van der Waals surface area contributed by atoms with Crippen molar-refractivity contribution in [3.8, 4) is 5.75 Å². The Balaban J connectivity index is 1.74. The lowest BCUT2D eigenvalue weighted by Gasteiger charge is -2.17. The molecule has 3 rings (SSSR count). The summed E-state index contributed by atoms with van der Waals surface area (Å²) in [6.45, 7) is 2.84. The van der Waals surface area contributed by atoms with Crippen LogP contribution < -0.4 is 15.8 Å². The Kier molecular flexibility index (Phi) is 5.63. The Bertz CT molecular complexity index is 867. The number of aromatic amines is 1. The van der Waals surface area contributed by atoms with Gasteiger partial charge >= 0.3 is 0 Å². The first-order valence-electron chi connectivity index (χ1n) is 7.97. The van der Waals surface area contributed by atoms with E-state index < -0.39 is 0 Å². The van der Waals surface area contributed by atoms with Crippen molar-refractivity contribution >= 4 is 39.9 Å². The number of rotatable bonds is 7. The molecule has 0 aliphatic rings.